The Morgan fingerprint density at radius 2 is 2.00 bits per heavy atom. The SMILES string of the molecule is CCCNC1c2cc(C(C)C)ccc2OC1CCC. The largest absolute Gasteiger partial charge is 0.488 e. The van der Waals surface area contributed by atoms with Crippen LogP contribution in [-0.2, 0) is 0 Å². The fourth-order valence-corrected chi connectivity index (χ4v) is 2.76. The Balaban J connectivity index is 2.25. The van der Waals surface area contributed by atoms with Gasteiger partial charge < -0.3 is 10.1 Å². The molecule has 0 saturated carbocycles. The maximum absolute atomic E-state index is 6.13. The summed E-state index contributed by atoms with van der Waals surface area (Å²) < 4.78 is 6.13. The van der Waals surface area contributed by atoms with Crippen molar-refractivity contribution in [3.8, 4) is 5.75 Å². The van der Waals surface area contributed by atoms with Crippen molar-refractivity contribution in [1.29, 1.82) is 0 Å². The van der Waals surface area contributed by atoms with Gasteiger partial charge in [0.2, 0.25) is 0 Å². The zero-order chi connectivity index (χ0) is 13.8. The van der Waals surface area contributed by atoms with Gasteiger partial charge in [0, 0.05) is 5.56 Å². The lowest BCUT2D eigenvalue weighted by atomic mass is 9.95. The predicted octanol–water partition coefficient (Wildman–Crippen LogP) is 4.41. The molecule has 0 bridgehead atoms. The van der Waals surface area contributed by atoms with E-state index in [9.17, 15) is 0 Å². The predicted molar refractivity (Wildman–Crippen MR) is 80.9 cm³/mol. The van der Waals surface area contributed by atoms with Crippen LogP contribution in [0.3, 0.4) is 0 Å². The van der Waals surface area contributed by atoms with Gasteiger partial charge in [0.15, 0.2) is 0 Å². The number of rotatable bonds is 6. The lowest BCUT2D eigenvalue weighted by Gasteiger charge is -2.20. The van der Waals surface area contributed by atoms with Gasteiger partial charge in [-0.05, 0) is 36.9 Å². The first kappa shape index (κ1) is 14.4. The van der Waals surface area contributed by atoms with Crippen LogP contribution in [0.15, 0.2) is 18.2 Å². The Hall–Kier alpha value is -1.02. The fraction of sp³-hybridized carbons (Fsp3) is 0.647. The van der Waals surface area contributed by atoms with E-state index >= 15 is 0 Å². The number of hydrogen-bond acceptors (Lipinski definition) is 2. The highest BCUT2D eigenvalue weighted by atomic mass is 16.5. The smallest absolute Gasteiger partial charge is 0.124 e. The molecule has 1 N–H and O–H groups in total. The maximum Gasteiger partial charge on any atom is 0.124 e. The summed E-state index contributed by atoms with van der Waals surface area (Å²) in [6.07, 6.45) is 3.75. The summed E-state index contributed by atoms with van der Waals surface area (Å²) in [5, 5.41) is 3.66. The fourth-order valence-electron chi connectivity index (χ4n) is 2.76. The lowest BCUT2D eigenvalue weighted by molar-refractivity contribution is 0.178. The minimum Gasteiger partial charge on any atom is -0.488 e. The summed E-state index contributed by atoms with van der Waals surface area (Å²) in [6, 6.07) is 7.06. The van der Waals surface area contributed by atoms with Crippen molar-refractivity contribution in [3.05, 3.63) is 29.3 Å². The van der Waals surface area contributed by atoms with Gasteiger partial charge in [0.25, 0.3) is 0 Å². The molecule has 1 aliphatic heterocycles. The van der Waals surface area contributed by atoms with Crippen molar-refractivity contribution >= 4 is 0 Å². The first-order chi connectivity index (χ1) is 9.17. The second kappa shape index (κ2) is 6.42. The Morgan fingerprint density at radius 1 is 1.21 bits per heavy atom. The van der Waals surface area contributed by atoms with E-state index in [0.29, 0.717) is 18.1 Å². The average Bonchev–Trinajstić information content (AvgIpc) is 2.73. The summed E-state index contributed by atoms with van der Waals surface area (Å²) in [7, 11) is 0. The molecule has 1 aromatic rings. The third kappa shape index (κ3) is 3.11. The molecule has 1 heterocycles. The van der Waals surface area contributed by atoms with Crippen molar-refractivity contribution in [2.45, 2.75) is 65.0 Å². The highest BCUT2D eigenvalue weighted by Crippen LogP contribution is 2.39. The van der Waals surface area contributed by atoms with Gasteiger partial charge >= 0.3 is 0 Å². The maximum atomic E-state index is 6.13. The van der Waals surface area contributed by atoms with Crippen LogP contribution in [0.25, 0.3) is 0 Å². The highest BCUT2D eigenvalue weighted by molar-refractivity contribution is 5.44. The first-order valence-corrected chi connectivity index (χ1v) is 7.71. The molecule has 106 valence electrons. The Kier molecular flexibility index (Phi) is 4.87. The quantitative estimate of drug-likeness (QED) is 0.819. The van der Waals surface area contributed by atoms with Crippen LogP contribution in [0.5, 0.6) is 5.75 Å². The van der Waals surface area contributed by atoms with E-state index in [1.165, 1.54) is 17.5 Å². The molecule has 0 spiro atoms. The molecule has 2 atom stereocenters. The minimum absolute atomic E-state index is 0.300. The van der Waals surface area contributed by atoms with E-state index in [-0.39, 0.29) is 0 Å². The Bertz CT molecular complexity index is 414. The Morgan fingerprint density at radius 3 is 2.63 bits per heavy atom. The third-order valence-corrected chi connectivity index (χ3v) is 3.87. The van der Waals surface area contributed by atoms with E-state index in [1.807, 2.05) is 0 Å². The van der Waals surface area contributed by atoms with Gasteiger partial charge in [-0.3, -0.25) is 0 Å². The van der Waals surface area contributed by atoms with Gasteiger partial charge in [0.05, 0.1) is 6.04 Å². The second-order valence-corrected chi connectivity index (χ2v) is 5.83. The summed E-state index contributed by atoms with van der Waals surface area (Å²) in [5.74, 6) is 1.65. The normalized spacial score (nSPS) is 21.5. The molecule has 19 heavy (non-hydrogen) atoms. The summed E-state index contributed by atoms with van der Waals surface area (Å²) in [5.41, 5.74) is 2.76. The van der Waals surface area contributed by atoms with Gasteiger partial charge in [0.1, 0.15) is 11.9 Å². The van der Waals surface area contributed by atoms with Crippen molar-refractivity contribution < 1.29 is 4.74 Å². The lowest BCUT2D eigenvalue weighted by Crippen LogP contribution is -2.31. The van der Waals surface area contributed by atoms with Crippen LogP contribution in [0.1, 0.15) is 70.0 Å². The average molecular weight is 261 g/mol. The minimum atomic E-state index is 0.300. The van der Waals surface area contributed by atoms with Crippen LogP contribution >= 0.6 is 0 Å². The van der Waals surface area contributed by atoms with E-state index < -0.39 is 0 Å². The molecule has 2 unspecified atom stereocenters. The molecule has 2 nitrogen and oxygen atoms in total. The van der Waals surface area contributed by atoms with Gasteiger partial charge in [-0.1, -0.05) is 46.2 Å². The van der Waals surface area contributed by atoms with Crippen LogP contribution in [0, 0.1) is 0 Å². The first-order valence-electron chi connectivity index (χ1n) is 7.71. The zero-order valence-electron chi connectivity index (χ0n) is 12.7. The summed E-state index contributed by atoms with van der Waals surface area (Å²) in [4.78, 5) is 0. The zero-order valence-corrected chi connectivity index (χ0v) is 12.7. The third-order valence-electron chi connectivity index (χ3n) is 3.87. The number of ether oxygens (including phenoxy) is 1. The van der Waals surface area contributed by atoms with Gasteiger partial charge in [-0.2, -0.15) is 0 Å². The topological polar surface area (TPSA) is 21.3 Å². The van der Waals surface area contributed by atoms with E-state index in [2.05, 4.69) is 51.2 Å². The van der Waals surface area contributed by atoms with E-state index in [4.69, 9.17) is 4.74 Å². The molecule has 0 aromatic heterocycles. The molecule has 0 aliphatic carbocycles. The summed E-state index contributed by atoms with van der Waals surface area (Å²) >= 11 is 0. The number of fused-ring (bicyclic) bond motifs is 1. The molecule has 2 heteroatoms. The van der Waals surface area contributed by atoms with E-state index in [1.54, 1.807) is 0 Å². The van der Waals surface area contributed by atoms with Crippen molar-refractivity contribution in [1.82, 2.24) is 5.32 Å². The summed E-state index contributed by atoms with van der Waals surface area (Å²) in [6.45, 7) is 9.98. The Labute approximate surface area is 117 Å². The van der Waals surface area contributed by atoms with Gasteiger partial charge in [-0.25, -0.2) is 0 Å². The number of nitrogens with one attached hydrogen (secondary N) is 1. The number of benzene rings is 1. The molecule has 2 rings (SSSR count). The van der Waals surface area contributed by atoms with Crippen LogP contribution in [-0.4, -0.2) is 12.6 Å². The van der Waals surface area contributed by atoms with Crippen molar-refractivity contribution in [2.24, 2.45) is 0 Å². The standard InChI is InChI=1S/C17H27NO/c1-5-7-16-17(18-10-6-2)14-11-13(12(3)4)8-9-15(14)19-16/h8-9,11-12,16-18H,5-7,10H2,1-4H3. The van der Waals surface area contributed by atoms with Crippen LogP contribution < -0.4 is 10.1 Å². The molecule has 0 saturated heterocycles. The monoisotopic (exact) mass is 261 g/mol. The second-order valence-electron chi connectivity index (χ2n) is 5.83. The molecule has 1 aliphatic rings. The molecule has 1 aromatic carbocycles. The molecule has 0 radical (unpaired) electrons. The van der Waals surface area contributed by atoms with E-state index in [0.717, 1.165) is 25.1 Å². The number of hydrogen-bond donors (Lipinski definition) is 1. The highest BCUT2D eigenvalue weighted by Gasteiger charge is 2.33. The van der Waals surface area contributed by atoms with Crippen LogP contribution in [0.4, 0.5) is 0 Å². The van der Waals surface area contributed by atoms with Crippen LogP contribution in [0.2, 0.25) is 0 Å². The molecular formula is C17H27NO. The van der Waals surface area contributed by atoms with Crippen molar-refractivity contribution in [2.75, 3.05) is 6.54 Å². The molecular weight excluding hydrogens is 234 g/mol. The van der Waals surface area contributed by atoms with Crippen molar-refractivity contribution in [3.63, 3.8) is 0 Å². The molecule has 0 amide bonds. The van der Waals surface area contributed by atoms with Gasteiger partial charge in [-0.15, -0.1) is 0 Å². The molecule has 0 fully saturated rings.